The summed E-state index contributed by atoms with van der Waals surface area (Å²) in [4.78, 5) is 16.6. The number of hydrogen-bond acceptors (Lipinski definition) is 2. The lowest BCUT2D eigenvalue weighted by Crippen LogP contribution is -2.33. The van der Waals surface area contributed by atoms with Crippen molar-refractivity contribution in [1.82, 2.24) is 14.9 Å². The van der Waals surface area contributed by atoms with E-state index >= 15 is 0 Å². The van der Waals surface area contributed by atoms with E-state index in [4.69, 9.17) is 0 Å². The number of hydrogen-bond donors (Lipinski definition) is 1. The van der Waals surface area contributed by atoms with Crippen LogP contribution in [-0.2, 0) is 11.3 Å². The van der Waals surface area contributed by atoms with Crippen molar-refractivity contribution >= 4 is 18.1 Å². The Kier molecular flexibility index (Phi) is 9.01. The molecule has 0 fully saturated rings. The highest BCUT2D eigenvalue weighted by molar-refractivity contribution is 6.17. The topological polar surface area (TPSA) is 46.9 Å². The minimum Gasteiger partial charge on any atom is -0.352 e. The van der Waals surface area contributed by atoms with Crippen LogP contribution in [0.1, 0.15) is 34.1 Å². The van der Waals surface area contributed by atoms with Crippen molar-refractivity contribution in [3.05, 3.63) is 65.1 Å². The van der Waals surface area contributed by atoms with Gasteiger partial charge in [-0.05, 0) is 30.7 Å². The van der Waals surface area contributed by atoms with Gasteiger partial charge in [0.05, 0.1) is 6.33 Å². The SMILES string of the molecule is C=c1cccc/c1=C(/C=C(C)C)C(=O)NCCCn1ccnc1.CC. The molecule has 4 heteroatoms. The highest BCUT2D eigenvalue weighted by Gasteiger charge is 2.07. The molecule has 2 rings (SSSR count). The summed E-state index contributed by atoms with van der Waals surface area (Å²) in [6, 6.07) is 7.70. The van der Waals surface area contributed by atoms with Gasteiger partial charge in [-0.25, -0.2) is 4.98 Å². The Labute approximate surface area is 150 Å². The number of aromatic nitrogens is 2. The molecule has 0 aliphatic rings. The third-order valence-corrected chi connectivity index (χ3v) is 3.42. The number of allylic oxidation sites excluding steroid dienone is 1. The van der Waals surface area contributed by atoms with Gasteiger partial charge in [0, 0.05) is 31.1 Å². The molecule has 0 unspecified atom stereocenters. The molecule has 134 valence electrons. The number of benzene rings is 1. The molecular formula is C21H29N3O. The Hall–Kier alpha value is -2.62. The molecule has 4 nitrogen and oxygen atoms in total. The number of carbonyl (C=O) groups excluding carboxylic acids is 1. The van der Waals surface area contributed by atoms with Gasteiger partial charge in [0.1, 0.15) is 0 Å². The van der Waals surface area contributed by atoms with Gasteiger partial charge in [0.15, 0.2) is 0 Å². The molecule has 1 aromatic heterocycles. The molecule has 1 amide bonds. The van der Waals surface area contributed by atoms with E-state index in [1.807, 2.05) is 68.8 Å². The van der Waals surface area contributed by atoms with Crippen LogP contribution >= 0.6 is 0 Å². The molecule has 1 heterocycles. The monoisotopic (exact) mass is 339 g/mol. The number of amides is 1. The van der Waals surface area contributed by atoms with E-state index in [1.165, 1.54) is 0 Å². The van der Waals surface area contributed by atoms with Crippen molar-refractivity contribution in [3.8, 4) is 0 Å². The highest BCUT2D eigenvalue weighted by atomic mass is 16.1. The first-order chi connectivity index (χ1) is 12.1. The Bertz CT molecular complexity index is 785. The van der Waals surface area contributed by atoms with Crippen LogP contribution in [0.4, 0.5) is 0 Å². The first-order valence-electron chi connectivity index (χ1n) is 8.75. The zero-order valence-corrected chi connectivity index (χ0v) is 15.7. The van der Waals surface area contributed by atoms with Gasteiger partial charge in [-0.3, -0.25) is 4.79 Å². The van der Waals surface area contributed by atoms with Crippen LogP contribution in [0.25, 0.3) is 12.2 Å². The largest absolute Gasteiger partial charge is 0.352 e. The molecule has 0 atom stereocenters. The second kappa shape index (κ2) is 11.0. The highest BCUT2D eigenvalue weighted by Crippen LogP contribution is 2.01. The van der Waals surface area contributed by atoms with E-state index < -0.39 is 0 Å². The maximum absolute atomic E-state index is 12.6. The Morgan fingerprint density at radius 1 is 1.28 bits per heavy atom. The lowest BCUT2D eigenvalue weighted by Gasteiger charge is -2.08. The molecule has 0 aliphatic carbocycles. The summed E-state index contributed by atoms with van der Waals surface area (Å²) in [5.74, 6) is -0.0621. The van der Waals surface area contributed by atoms with Crippen molar-refractivity contribution in [2.45, 2.75) is 40.7 Å². The minimum atomic E-state index is -0.0621. The predicted octanol–water partition coefficient (Wildman–Crippen LogP) is 2.64. The number of carbonyl (C=O) groups is 1. The zero-order valence-electron chi connectivity index (χ0n) is 15.7. The molecule has 25 heavy (non-hydrogen) atoms. The van der Waals surface area contributed by atoms with Crippen LogP contribution in [0.15, 0.2) is 54.6 Å². The normalized spacial score (nSPS) is 11.0. The van der Waals surface area contributed by atoms with Crippen LogP contribution in [0, 0.1) is 0 Å². The maximum Gasteiger partial charge on any atom is 0.251 e. The van der Waals surface area contributed by atoms with Gasteiger partial charge in [-0.2, -0.15) is 0 Å². The number of aryl methyl sites for hydroxylation is 1. The first-order valence-corrected chi connectivity index (χ1v) is 8.75. The molecule has 1 aromatic carbocycles. The second-order valence-electron chi connectivity index (χ2n) is 5.70. The summed E-state index contributed by atoms with van der Waals surface area (Å²) in [7, 11) is 0. The predicted molar refractivity (Wildman–Crippen MR) is 105 cm³/mol. The van der Waals surface area contributed by atoms with Gasteiger partial charge < -0.3 is 9.88 Å². The lowest BCUT2D eigenvalue weighted by atomic mass is 10.1. The van der Waals surface area contributed by atoms with Crippen molar-refractivity contribution < 1.29 is 4.79 Å². The summed E-state index contributed by atoms with van der Waals surface area (Å²) in [6.45, 7) is 13.4. The molecule has 2 aromatic rings. The summed E-state index contributed by atoms with van der Waals surface area (Å²) in [5, 5.41) is 4.73. The van der Waals surface area contributed by atoms with E-state index in [0.29, 0.717) is 12.1 Å². The average molecular weight is 339 g/mol. The van der Waals surface area contributed by atoms with Crippen molar-refractivity contribution in [2.75, 3.05) is 6.54 Å². The third-order valence-electron chi connectivity index (χ3n) is 3.42. The van der Waals surface area contributed by atoms with Crippen LogP contribution < -0.4 is 15.8 Å². The van der Waals surface area contributed by atoms with Crippen molar-refractivity contribution in [2.24, 2.45) is 0 Å². The van der Waals surface area contributed by atoms with E-state index in [0.717, 1.165) is 29.0 Å². The van der Waals surface area contributed by atoms with Gasteiger partial charge in [0.2, 0.25) is 0 Å². The smallest absolute Gasteiger partial charge is 0.251 e. The average Bonchev–Trinajstić information content (AvgIpc) is 3.12. The fraction of sp³-hybridized carbons (Fsp3) is 0.333. The van der Waals surface area contributed by atoms with Crippen LogP contribution in [0.2, 0.25) is 0 Å². The van der Waals surface area contributed by atoms with E-state index in [9.17, 15) is 4.79 Å². The molecule has 0 aliphatic heterocycles. The number of rotatable bonds is 6. The summed E-state index contributed by atoms with van der Waals surface area (Å²) in [5.41, 5.74) is 1.75. The fourth-order valence-electron chi connectivity index (χ4n) is 2.32. The summed E-state index contributed by atoms with van der Waals surface area (Å²) in [6.07, 6.45) is 8.22. The second-order valence-corrected chi connectivity index (χ2v) is 5.70. The Morgan fingerprint density at radius 2 is 2.00 bits per heavy atom. The molecule has 0 saturated heterocycles. The van der Waals surface area contributed by atoms with Gasteiger partial charge in [-0.15, -0.1) is 0 Å². The summed E-state index contributed by atoms with van der Waals surface area (Å²) < 4.78 is 2.00. The third kappa shape index (κ3) is 6.79. The van der Waals surface area contributed by atoms with E-state index in [1.54, 1.807) is 12.5 Å². The van der Waals surface area contributed by atoms with Crippen LogP contribution in [0.5, 0.6) is 0 Å². The Balaban J connectivity index is 0.00000151. The van der Waals surface area contributed by atoms with Crippen molar-refractivity contribution in [3.63, 3.8) is 0 Å². The fourth-order valence-corrected chi connectivity index (χ4v) is 2.32. The summed E-state index contributed by atoms with van der Waals surface area (Å²) >= 11 is 0. The van der Waals surface area contributed by atoms with Gasteiger partial charge >= 0.3 is 0 Å². The van der Waals surface area contributed by atoms with Gasteiger partial charge in [-0.1, -0.05) is 56.3 Å². The number of nitrogens with one attached hydrogen (secondary N) is 1. The lowest BCUT2D eigenvalue weighted by molar-refractivity contribution is -0.115. The van der Waals surface area contributed by atoms with Gasteiger partial charge in [0.25, 0.3) is 5.91 Å². The number of imidazole rings is 1. The molecular weight excluding hydrogens is 310 g/mol. The molecule has 0 radical (unpaired) electrons. The maximum atomic E-state index is 12.6. The van der Waals surface area contributed by atoms with Crippen molar-refractivity contribution in [1.29, 1.82) is 0 Å². The van der Waals surface area contributed by atoms with E-state index in [-0.39, 0.29) is 5.91 Å². The quantitative estimate of drug-likeness (QED) is 0.823. The minimum absolute atomic E-state index is 0.0621. The zero-order chi connectivity index (χ0) is 18.7. The van der Waals surface area contributed by atoms with Crippen LogP contribution in [0.3, 0.4) is 0 Å². The molecule has 1 N–H and O–H groups in total. The standard InChI is InChI=1S/C19H23N3O.C2H6/c1-15(2)13-18(17-8-5-4-7-16(17)3)19(23)21-9-6-11-22-12-10-20-14-22;1-2/h4-5,7-8,10,12-14H,3,6,9,11H2,1-2H3,(H,21,23);1-2H3/b18-17+;. The van der Waals surface area contributed by atoms with E-state index in [2.05, 4.69) is 16.9 Å². The molecule has 0 spiro atoms. The molecule has 0 saturated carbocycles. The number of nitrogens with zero attached hydrogens (tertiary/aromatic N) is 2. The Morgan fingerprint density at radius 3 is 2.60 bits per heavy atom. The van der Waals surface area contributed by atoms with Crippen LogP contribution in [-0.4, -0.2) is 22.0 Å². The first kappa shape index (κ1) is 20.4. The molecule has 0 bridgehead atoms.